The number of thioether (sulfide) groups is 1. The largest absolute Gasteiger partial charge is 0.342 e. The lowest BCUT2D eigenvalue weighted by atomic mass is 10.1. The quantitative estimate of drug-likeness (QED) is 0.667. The molecule has 2 aromatic carbocycles. The number of amides is 3. The van der Waals surface area contributed by atoms with Gasteiger partial charge in [-0.15, -0.1) is 0 Å². The molecule has 0 unspecified atom stereocenters. The normalized spacial score (nSPS) is 15.4. The van der Waals surface area contributed by atoms with E-state index in [4.69, 9.17) is 11.6 Å². The Bertz CT molecular complexity index is 956. The van der Waals surface area contributed by atoms with Gasteiger partial charge < -0.3 is 4.90 Å². The van der Waals surface area contributed by atoms with Gasteiger partial charge in [0.2, 0.25) is 0 Å². The molecule has 0 bridgehead atoms. The highest BCUT2D eigenvalue weighted by atomic mass is 35.5. The van der Waals surface area contributed by atoms with Crippen LogP contribution in [-0.4, -0.2) is 40.4 Å². The third-order valence-electron chi connectivity index (χ3n) is 4.38. The van der Waals surface area contributed by atoms with Gasteiger partial charge in [-0.2, -0.15) is 0 Å². The van der Waals surface area contributed by atoms with E-state index in [1.165, 1.54) is 4.90 Å². The van der Waals surface area contributed by atoms with Crippen molar-refractivity contribution in [3.8, 4) is 0 Å². The van der Waals surface area contributed by atoms with E-state index < -0.39 is 0 Å². The average molecular weight is 415 g/mol. The van der Waals surface area contributed by atoms with E-state index in [9.17, 15) is 14.4 Å². The first-order chi connectivity index (χ1) is 13.4. The van der Waals surface area contributed by atoms with Crippen LogP contribution in [0.2, 0.25) is 5.02 Å². The number of carbonyl (C=O) groups is 3. The lowest BCUT2D eigenvalue weighted by molar-refractivity contribution is -0.123. The van der Waals surface area contributed by atoms with E-state index in [0.29, 0.717) is 22.0 Å². The molecule has 1 heterocycles. The minimum atomic E-state index is -0.333. The summed E-state index contributed by atoms with van der Waals surface area (Å²) in [6.07, 6.45) is 1.67. The van der Waals surface area contributed by atoms with Gasteiger partial charge in [-0.3, -0.25) is 19.3 Å². The summed E-state index contributed by atoms with van der Waals surface area (Å²) in [5.41, 5.74) is 2.12. The highest BCUT2D eigenvalue weighted by molar-refractivity contribution is 8.18. The van der Waals surface area contributed by atoms with E-state index in [1.54, 1.807) is 60.5 Å². The van der Waals surface area contributed by atoms with Gasteiger partial charge in [-0.25, -0.2) is 0 Å². The molecule has 0 aromatic heterocycles. The Kier molecular flexibility index (Phi) is 6.21. The second-order valence-corrected chi connectivity index (χ2v) is 7.77. The molecule has 144 valence electrons. The highest BCUT2D eigenvalue weighted by Gasteiger charge is 2.35. The molecule has 1 fully saturated rings. The van der Waals surface area contributed by atoms with Crippen molar-refractivity contribution in [3.63, 3.8) is 0 Å². The van der Waals surface area contributed by atoms with Crippen LogP contribution in [0.25, 0.3) is 6.08 Å². The van der Waals surface area contributed by atoms with Crippen LogP contribution in [0.1, 0.15) is 28.4 Å². The summed E-state index contributed by atoms with van der Waals surface area (Å²) in [4.78, 5) is 40.2. The minimum Gasteiger partial charge on any atom is -0.342 e. The number of benzene rings is 2. The first kappa shape index (κ1) is 20.2. The van der Waals surface area contributed by atoms with Crippen molar-refractivity contribution in [1.29, 1.82) is 0 Å². The molecule has 0 spiro atoms. The lowest BCUT2D eigenvalue weighted by Gasteiger charge is -2.14. The molecule has 0 radical (unpaired) electrons. The van der Waals surface area contributed by atoms with Crippen molar-refractivity contribution in [1.82, 2.24) is 9.80 Å². The van der Waals surface area contributed by atoms with Gasteiger partial charge in [0.1, 0.15) is 0 Å². The zero-order valence-corrected chi connectivity index (χ0v) is 17.1. The van der Waals surface area contributed by atoms with Crippen molar-refractivity contribution in [2.24, 2.45) is 0 Å². The molecule has 7 heteroatoms. The fraction of sp³-hybridized carbons (Fsp3) is 0.190. The number of rotatable bonds is 5. The summed E-state index contributed by atoms with van der Waals surface area (Å²) in [5.74, 6) is -0.392. The molecule has 0 atom stereocenters. The Morgan fingerprint density at radius 1 is 1.18 bits per heavy atom. The zero-order chi connectivity index (χ0) is 20.3. The summed E-state index contributed by atoms with van der Waals surface area (Å²) in [6.45, 7) is 2.71. The lowest BCUT2D eigenvalue weighted by Crippen LogP contribution is -2.27. The van der Waals surface area contributed by atoms with Crippen molar-refractivity contribution in [2.45, 2.75) is 13.5 Å². The molecule has 0 aliphatic carbocycles. The second-order valence-electron chi connectivity index (χ2n) is 6.34. The van der Waals surface area contributed by atoms with Crippen LogP contribution in [0.5, 0.6) is 0 Å². The third-order valence-corrected chi connectivity index (χ3v) is 5.52. The molecule has 1 saturated heterocycles. The predicted octanol–water partition coefficient (Wildman–Crippen LogP) is 4.67. The molecule has 1 aliphatic heterocycles. The topological polar surface area (TPSA) is 57.7 Å². The first-order valence-electron chi connectivity index (χ1n) is 8.74. The monoisotopic (exact) mass is 414 g/mol. The van der Waals surface area contributed by atoms with E-state index in [2.05, 4.69) is 0 Å². The second kappa shape index (κ2) is 8.63. The average Bonchev–Trinajstić information content (AvgIpc) is 2.95. The van der Waals surface area contributed by atoms with Crippen molar-refractivity contribution < 1.29 is 14.4 Å². The summed E-state index contributed by atoms with van der Waals surface area (Å²) in [6, 6.07) is 14.0. The minimum absolute atomic E-state index is 0.0594. The smallest absolute Gasteiger partial charge is 0.293 e. The van der Waals surface area contributed by atoms with Crippen LogP contribution in [-0.2, 0) is 11.3 Å². The van der Waals surface area contributed by atoms with Gasteiger partial charge in [0.05, 0.1) is 11.4 Å². The molecular weight excluding hydrogens is 396 g/mol. The maximum absolute atomic E-state index is 12.6. The van der Waals surface area contributed by atoms with E-state index >= 15 is 0 Å². The fourth-order valence-electron chi connectivity index (χ4n) is 2.69. The van der Waals surface area contributed by atoms with Crippen molar-refractivity contribution >= 4 is 46.5 Å². The summed E-state index contributed by atoms with van der Waals surface area (Å²) in [5, 5.41) is 0.246. The highest BCUT2D eigenvalue weighted by Crippen LogP contribution is 2.33. The number of halogens is 1. The van der Waals surface area contributed by atoms with E-state index in [1.807, 2.05) is 13.0 Å². The number of hydrogen-bond acceptors (Lipinski definition) is 4. The molecule has 2 aromatic rings. The van der Waals surface area contributed by atoms with Gasteiger partial charge in [0, 0.05) is 24.2 Å². The standard InChI is InChI=1S/C21H19ClN2O3S/c1-3-23(2)19(25)16-9-7-14(8-10-16)12-18-20(26)24(21(27)28-18)13-15-5-4-6-17(22)11-15/h4-12H,3,13H2,1-2H3. The fourth-order valence-corrected chi connectivity index (χ4v) is 3.74. The molecule has 5 nitrogen and oxygen atoms in total. The van der Waals surface area contributed by atoms with E-state index in [0.717, 1.165) is 22.9 Å². The molecule has 0 N–H and O–H groups in total. The van der Waals surface area contributed by atoms with Crippen LogP contribution in [0.15, 0.2) is 53.4 Å². The van der Waals surface area contributed by atoms with Crippen LogP contribution >= 0.6 is 23.4 Å². The van der Waals surface area contributed by atoms with Crippen LogP contribution < -0.4 is 0 Å². The Morgan fingerprint density at radius 3 is 2.54 bits per heavy atom. The van der Waals surface area contributed by atoms with Crippen LogP contribution in [0, 0.1) is 0 Å². The molecule has 1 aliphatic rings. The molecule has 28 heavy (non-hydrogen) atoms. The number of carbonyl (C=O) groups excluding carboxylic acids is 3. The van der Waals surface area contributed by atoms with Gasteiger partial charge in [0.15, 0.2) is 0 Å². The third kappa shape index (κ3) is 4.46. The maximum Gasteiger partial charge on any atom is 0.293 e. The predicted molar refractivity (Wildman–Crippen MR) is 112 cm³/mol. The van der Waals surface area contributed by atoms with Crippen molar-refractivity contribution in [3.05, 3.63) is 75.1 Å². The maximum atomic E-state index is 12.6. The SMILES string of the molecule is CCN(C)C(=O)c1ccc(C=C2SC(=O)N(Cc3cccc(Cl)c3)C2=O)cc1. The van der Waals surface area contributed by atoms with Gasteiger partial charge in [0.25, 0.3) is 17.1 Å². The van der Waals surface area contributed by atoms with Gasteiger partial charge in [-0.1, -0.05) is 35.9 Å². The Labute approximate surface area is 173 Å². The molecule has 3 rings (SSSR count). The van der Waals surface area contributed by atoms with Crippen LogP contribution in [0.3, 0.4) is 0 Å². The van der Waals surface area contributed by atoms with E-state index in [-0.39, 0.29) is 23.6 Å². The zero-order valence-electron chi connectivity index (χ0n) is 15.5. The Balaban J connectivity index is 1.75. The van der Waals surface area contributed by atoms with Gasteiger partial charge >= 0.3 is 0 Å². The Morgan fingerprint density at radius 2 is 1.89 bits per heavy atom. The van der Waals surface area contributed by atoms with Crippen molar-refractivity contribution in [2.75, 3.05) is 13.6 Å². The molecular formula is C21H19ClN2O3S. The number of nitrogens with zero attached hydrogens (tertiary/aromatic N) is 2. The van der Waals surface area contributed by atoms with Crippen LogP contribution in [0.4, 0.5) is 4.79 Å². The first-order valence-corrected chi connectivity index (χ1v) is 9.94. The molecule has 3 amide bonds. The molecule has 0 saturated carbocycles. The number of imide groups is 1. The summed E-state index contributed by atoms with van der Waals surface area (Å²) >= 11 is 6.88. The summed E-state index contributed by atoms with van der Waals surface area (Å²) in [7, 11) is 1.74. The van der Waals surface area contributed by atoms with Gasteiger partial charge in [-0.05, 0) is 60.2 Å². The Hall–Kier alpha value is -2.57. The summed E-state index contributed by atoms with van der Waals surface area (Å²) < 4.78 is 0. The number of hydrogen-bond donors (Lipinski definition) is 0.